The van der Waals surface area contributed by atoms with E-state index in [0.717, 1.165) is 0 Å². The Hall–Kier alpha value is -2.37. The summed E-state index contributed by atoms with van der Waals surface area (Å²) in [6.07, 6.45) is 3.13. The number of hydrogen-bond acceptors (Lipinski definition) is 4. The Labute approximate surface area is 154 Å². The molecule has 0 aliphatic rings. The molecule has 25 heavy (non-hydrogen) atoms. The molecule has 1 amide bonds. The van der Waals surface area contributed by atoms with E-state index in [2.05, 4.69) is 0 Å². The van der Waals surface area contributed by atoms with Crippen molar-refractivity contribution in [1.82, 2.24) is 4.90 Å². The highest BCUT2D eigenvalue weighted by Gasteiger charge is 2.18. The number of amides is 1. The second-order valence-electron chi connectivity index (χ2n) is 5.27. The topological polar surface area (TPSA) is 55.8 Å². The van der Waals surface area contributed by atoms with E-state index in [4.69, 9.17) is 36.8 Å². The van der Waals surface area contributed by atoms with Crippen LogP contribution in [0.25, 0.3) is 0 Å². The van der Waals surface area contributed by atoms with Crippen LogP contribution in [0.3, 0.4) is 0 Å². The molecule has 2 aromatic heterocycles. The van der Waals surface area contributed by atoms with Gasteiger partial charge in [-0.05, 0) is 42.5 Å². The molecule has 3 aromatic rings. The summed E-state index contributed by atoms with van der Waals surface area (Å²) in [5.74, 6) is 1.52. The fourth-order valence-electron chi connectivity index (χ4n) is 2.24. The number of hydrogen-bond donors (Lipinski definition) is 0. The monoisotopic (exact) mass is 379 g/mol. The Balaban J connectivity index is 1.67. The summed E-state index contributed by atoms with van der Waals surface area (Å²) in [4.78, 5) is 14.2. The Morgan fingerprint density at radius 2 is 1.64 bits per heavy atom. The smallest absolute Gasteiger partial charge is 0.261 e. The van der Waals surface area contributed by atoms with E-state index < -0.39 is 0 Å². The first-order valence-corrected chi connectivity index (χ1v) is 8.28. The molecule has 0 fully saturated rings. The lowest BCUT2D eigenvalue weighted by Crippen LogP contribution is -2.33. The predicted octanol–water partition coefficient (Wildman–Crippen LogP) is 4.79. The third-order valence-corrected chi connectivity index (χ3v) is 3.98. The number of nitrogens with zero attached hydrogens (tertiary/aromatic N) is 1. The lowest BCUT2D eigenvalue weighted by molar-refractivity contribution is -0.135. The Morgan fingerprint density at radius 1 is 1.00 bits per heavy atom. The SMILES string of the molecule is O=C(COc1ccc(Cl)cc1Cl)N(Cc1ccco1)Cc1ccco1. The van der Waals surface area contributed by atoms with E-state index in [0.29, 0.717) is 40.4 Å². The summed E-state index contributed by atoms with van der Waals surface area (Å²) >= 11 is 11.9. The minimum Gasteiger partial charge on any atom is -0.482 e. The normalized spacial score (nSPS) is 10.6. The number of furan rings is 2. The standard InChI is InChI=1S/C18H15Cl2NO4/c19-13-5-6-17(16(20)9-13)25-12-18(22)21(10-14-3-1-7-23-14)11-15-4-2-8-24-15/h1-9H,10-12H2. The first-order valence-electron chi connectivity index (χ1n) is 7.52. The molecule has 0 atom stereocenters. The molecule has 0 saturated carbocycles. The second kappa shape index (κ2) is 8.14. The first kappa shape index (κ1) is 17.5. The molecule has 5 nitrogen and oxygen atoms in total. The molecule has 0 unspecified atom stereocenters. The lowest BCUT2D eigenvalue weighted by Gasteiger charge is -2.21. The zero-order chi connectivity index (χ0) is 17.6. The van der Waals surface area contributed by atoms with Crippen molar-refractivity contribution in [3.8, 4) is 5.75 Å². The van der Waals surface area contributed by atoms with Crippen LogP contribution in [-0.2, 0) is 17.9 Å². The van der Waals surface area contributed by atoms with Gasteiger partial charge >= 0.3 is 0 Å². The third kappa shape index (κ3) is 4.81. The van der Waals surface area contributed by atoms with Gasteiger partial charge in [0.15, 0.2) is 6.61 Å². The molecule has 0 radical (unpaired) electrons. The Bertz CT molecular complexity index is 779. The van der Waals surface area contributed by atoms with Crippen molar-refractivity contribution in [3.05, 3.63) is 76.6 Å². The number of halogens is 2. The van der Waals surface area contributed by atoms with Crippen LogP contribution in [-0.4, -0.2) is 17.4 Å². The molecule has 2 heterocycles. The molecule has 0 spiro atoms. The number of ether oxygens (including phenoxy) is 1. The summed E-state index contributed by atoms with van der Waals surface area (Å²) in [5.41, 5.74) is 0. The molecule has 0 aliphatic carbocycles. The summed E-state index contributed by atoms with van der Waals surface area (Å²) in [7, 11) is 0. The first-order chi connectivity index (χ1) is 12.1. The third-order valence-electron chi connectivity index (χ3n) is 3.45. The van der Waals surface area contributed by atoms with Crippen molar-refractivity contribution in [1.29, 1.82) is 0 Å². The maximum absolute atomic E-state index is 12.6. The van der Waals surface area contributed by atoms with Crippen LogP contribution in [0.4, 0.5) is 0 Å². The highest BCUT2D eigenvalue weighted by molar-refractivity contribution is 6.35. The minimum atomic E-state index is -0.223. The number of carbonyl (C=O) groups is 1. The molecule has 0 bridgehead atoms. The van der Waals surface area contributed by atoms with Gasteiger partial charge in [0.05, 0.1) is 30.6 Å². The van der Waals surface area contributed by atoms with Crippen LogP contribution in [0.2, 0.25) is 10.0 Å². The predicted molar refractivity (Wildman–Crippen MR) is 93.6 cm³/mol. The van der Waals surface area contributed by atoms with E-state index >= 15 is 0 Å². The van der Waals surface area contributed by atoms with Gasteiger partial charge in [-0.25, -0.2) is 0 Å². The minimum absolute atomic E-state index is 0.164. The maximum atomic E-state index is 12.6. The van der Waals surface area contributed by atoms with Crippen molar-refractivity contribution in [2.75, 3.05) is 6.61 Å². The summed E-state index contributed by atoms with van der Waals surface area (Å²) in [5, 5.41) is 0.852. The van der Waals surface area contributed by atoms with E-state index in [1.165, 1.54) is 0 Å². The van der Waals surface area contributed by atoms with Crippen molar-refractivity contribution in [2.45, 2.75) is 13.1 Å². The van der Waals surface area contributed by atoms with Gasteiger partial charge in [-0.3, -0.25) is 4.79 Å². The van der Waals surface area contributed by atoms with E-state index in [-0.39, 0.29) is 12.5 Å². The summed E-state index contributed by atoms with van der Waals surface area (Å²) in [6, 6.07) is 12.0. The van der Waals surface area contributed by atoms with Crippen molar-refractivity contribution >= 4 is 29.1 Å². The largest absolute Gasteiger partial charge is 0.482 e. The Morgan fingerprint density at radius 3 is 2.16 bits per heavy atom. The molecule has 1 aromatic carbocycles. The van der Waals surface area contributed by atoms with Crippen LogP contribution in [0.1, 0.15) is 11.5 Å². The molecule has 0 aliphatic heterocycles. The summed E-state index contributed by atoms with van der Waals surface area (Å²) < 4.78 is 16.2. The van der Waals surface area contributed by atoms with E-state index in [1.807, 2.05) is 0 Å². The average molecular weight is 380 g/mol. The highest BCUT2D eigenvalue weighted by Crippen LogP contribution is 2.27. The van der Waals surface area contributed by atoms with Crippen molar-refractivity contribution in [3.63, 3.8) is 0 Å². The fraction of sp³-hybridized carbons (Fsp3) is 0.167. The highest BCUT2D eigenvalue weighted by atomic mass is 35.5. The molecule has 0 saturated heterocycles. The zero-order valence-corrected chi connectivity index (χ0v) is 14.7. The quantitative estimate of drug-likeness (QED) is 0.592. The second-order valence-corrected chi connectivity index (χ2v) is 6.12. The van der Waals surface area contributed by atoms with Crippen molar-refractivity contribution in [2.24, 2.45) is 0 Å². The molecule has 0 N–H and O–H groups in total. The fourth-order valence-corrected chi connectivity index (χ4v) is 2.70. The number of rotatable bonds is 7. The molecule has 7 heteroatoms. The van der Waals surface area contributed by atoms with Gasteiger partial charge in [-0.15, -0.1) is 0 Å². The van der Waals surface area contributed by atoms with Gasteiger partial charge in [-0.2, -0.15) is 0 Å². The number of benzene rings is 1. The van der Waals surface area contributed by atoms with Gasteiger partial charge in [0, 0.05) is 5.02 Å². The lowest BCUT2D eigenvalue weighted by atomic mass is 10.3. The van der Waals surface area contributed by atoms with Crippen LogP contribution < -0.4 is 4.74 Å². The average Bonchev–Trinajstić information content (AvgIpc) is 3.27. The van der Waals surface area contributed by atoms with E-state index in [9.17, 15) is 4.79 Å². The van der Waals surface area contributed by atoms with Crippen LogP contribution in [0.15, 0.2) is 63.8 Å². The van der Waals surface area contributed by atoms with Gasteiger partial charge in [0.2, 0.25) is 0 Å². The molecule has 130 valence electrons. The molecule has 3 rings (SSSR count). The van der Waals surface area contributed by atoms with Crippen LogP contribution in [0, 0.1) is 0 Å². The van der Waals surface area contributed by atoms with Crippen LogP contribution >= 0.6 is 23.2 Å². The van der Waals surface area contributed by atoms with E-state index in [1.54, 1.807) is 59.9 Å². The van der Waals surface area contributed by atoms with Crippen LogP contribution in [0.5, 0.6) is 5.75 Å². The number of carbonyl (C=O) groups excluding carboxylic acids is 1. The Kier molecular flexibility index (Phi) is 5.68. The summed E-state index contributed by atoms with van der Waals surface area (Å²) in [6.45, 7) is 0.456. The zero-order valence-electron chi connectivity index (χ0n) is 13.2. The van der Waals surface area contributed by atoms with Gasteiger partial charge in [0.1, 0.15) is 17.3 Å². The molecular weight excluding hydrogens is 365 g/mol. The van der Waals surface area contributed by atoms with Crippen molar-refractivity contribution < 1.29 is 18.4 Å². The van der Waals surface area contributed by atoms with Gasteiger partial charge in [-0.1, -0.05) is 23.2 Å². The van der Waals surface area contributed by atoms with Gasteiger partial charge in [0.25, 0.3) is 5.91 Å². The maximum Gasteiger partial charge on any atom is 0.261 e. The molecular formula is C18H15Cl2NO4. The van der Waals surface area contributed by atoms with Gasteiger partial charge < -0.3 is 18.5 Å².